The van der Waals surface area contributed by atoms with Crippen LogP contribution in [-0.2, 0) is 4.79 Å². The summed E-state index contributed by atoms with van der Waals surface area (Å²) in [6.45, 7) is 4.34. The van der Waals surface area contributed by atoms with Gasteiger partial charge < -0.3 is 15.5 Å². The zero-order valence-electron chi connectivity index (χ0n) is 38.4. The van der Waals surface area contributed by atoms with Gasteiger partial charge in [0.2, 0.25) is 5.91 Å². The first-order chi connectivity index (χ1) is 27.7. The molecule has 4 nitrogen and oxygen atoms in total. The number of unbranched alkanes of at least 4 members (excludes halogenated alkanes) is 39. The number of aliphatic hydroxyl groups excluding tert-OH is 2. The highest BCUT2D eigenvalue weighted by Gasteiger charge is 2.20. The van der Waals surface area contributed by atoms with E-state index in [1.54, 1.807) is 0 Å². The standard InChI is InChI=1S/C52H103NO3/c1-3-5-7-9-11-13-15-16-17-18-19-20-21-22-23-24-25-26-27-28-29-30-31-32-33-34-35-36-38-39-41-43-45-47-51(55)50(49-54)53-52(56)48-46-44-42-40-37-14-12-10-8-6-4-2/h10,12,50-51,54-55H,3-9,11,13-49H2,1-2H3,(H,53,56)/b12-10-. The SMILES string of the molecule is CCCC/C=C\CCCCCCCC(=O)NC(CO)C(O)CCCCCCCCCCCCCCCCCCCCCCCCCCCCCCCCCCC. The molecule has 0 aromatic heterocycles. The molecule has 0 heterocycles. The summed E-state index contributed by atoms with van der Waals surface area (Å²) >= 11 is 0. The minimum atomic E-state index is -0.659. The van der Waals surface area contributed by atoms with Crippen LogP contribution in [0.3, 0.4) is 0 Å². The molecule has 334 valence electrons. The van der Waals surface area contributed by atoms with E-state index in [0.717, 1.165) is 25.7 Å². The van der Waals surface area contributed by atoms with E-state index < -0.39 is 12.1 Å². The van der Waals surface area contributed by atoms with E-state index in [1.807, 2.05) is 0 Å². The average Bonchev–Trinajstić information content (AvgIpc) is 3.20. The van der Waals surface area contributed by atoms with Crippen LogP contribution in [0.2, 0.25) is 0 Å². The number of carbonyl (C=O) groups is 1. The van der Waals surface area contributed by atoms with E-state index in [0.29, 0.717) is 12.8 Å². The van der Waals surface area contributed by atoms with Crippen molar-refractivity contribution in [2.45, 2.75) is 309 Å². The number of nitrogens with one attached hydrogen (secondary N) is 1. The summed E-state index contributed by atoms with van der Waals surface area (Å²) in [5, 5.41) is 23.2. The molecule has 0 spiro atoms. The predicted octanol–water partition coefficient (Wildman–Crippen LogP) is 16.6. The Morgan fingerprint density at radius 3 is 1.04 bits per heavy atom. The average molecular weight is 790 g/mol. The zero-order chi connectivity index (χ0) is 40.7. The smallest absolute Gasteiger partial charge is 0.220 e. The van der Waals surface area contributed by atoms with Crippen molar-refractivity contribution in [3.63, 3.8) is 0 Å². The van der Waals surface area contributed by atoms with Crippen LogP contribution in [-0.4, -0.2) is 34.9 Å². The van der Waals surface area contributed by atoms with Crippen molar-refractivity contribution in [3.05, 3.63) is 12.2 Å². The maximum Gasteiger partial charge on any atom is 0.220 e. The zero-order valence-corrected chi connectivity index (χ0v) is 38.4. The van der Waals surface area contributed by atoms with Crippen molar-refractivity contribution in [3.8, 4) is 0 Å². The van der Waals surface area contributed by atoms with Gasteiger partial charge in [-0.05, 0) is 32.1 Å². The highest BCUT2D eigenvalue weighted by Crippen LogP contribution is 2.18. The van der Waals surface area contributed by atoms with Gasteiger partial charge in [0.05, 0.1) is 18.8 Å². The van der Waals surface area contributed by atoms with Gasteiger partial charge in [0.1, 0.15) is 0 Å². The lowest BCUT2D eigenvalue weighted by molar-refractivity contribution is -0.123. The fourth-order valence-electron chi connectivity index (χ4n) is 8.29. The van der Waals surface area contributed by atoms with Crippen LogP contribution in [0.1, 0.15) is 296 Å². The molecule has 4 heteroatoms. The van der Waals surface area contributed by atoms with Gasteiger partial charge in [0, 0.05) is 6.42 Å². The molecular formula is C52H103NO3. The van der Waals surface area contributed by atoms with E-state index in [2.05, 4.69) is 31.3 Å². The molecule has 1 amide bonds. The van der Waals surface area contributed by atoms with Crippen LogP contribution in [0.4, 0.5) is 0 Å². The third kappa shape index (κ3) is 44.2. The Bertz CT molecular complexity index is 769. The quantitative estimate of drug-likeness (QED) is 0.0425. The Hall–Kier alpha value is -0.870. The van der Waals surface area contributed by atoms with E-state index in [4.69, 9.17) is 0 Å². The Morgan fingerprint density at radius 1 is 0.411 bits per heavy atom. The second kappa shape index (κ2) is 48.5. The van der Waals surface area contributed by atoms with Gasteiger partial charge in [0.25, 0.3) is 0 Å². The number of hydrogen-bond acceptors (Lipinski definition) is 3. The van der Waals surface area contributed by atoms with Crippen LogP contribution in [0.25, 0.3) is 0 Å². The summed E-state index contributed by atoms with van der Waals surface area (Å²) < 4.78 is 0. The van der Waals surface area contributed by atoms with E-state index in [-0.39, 0.29) is 12.5 Å². The van der Waals surface area contributed by atoms with Crippen LogP contribution < -0.4 is 5.32 Å². The predicted molar refractivity (Wildman–Crippen MR) is 249 cm³/mol. The topological polar surface area (TPSA) is 69.6 Å². The van der Waals surface area contributed by atoms with Gasteiger partial charge in [0.15, 0.2) is 0 Å². The molecule has 0 aliphatic heterocycles. The molecule has 2 atom stereocenters. The maximum atomic E-state index is 12.4. The van der Waals surface area contributed by atoms with Crippen LogP contribution >= 0.6 is 0 Å². The van der Waals surface area contributed by atoms with Crippen molar-refractivity contribution < 1.29 is 15.0 Å². The Kier molecular flexibility index (Phi) is 47.7. The first-order valence-electron chi connectivity index (χ1n) is 25.9. The van der Waals surface area contributed by atoms with Gasteiger partial charge >= 0.3 is 0 Å². The minimum Gasteiger partial charge on any atom is -0.394 e. The van der Waals surface area contributed by atoms with Gasteiger partial charge in [-0.2, -0.15) is 0 Å². The number of hydrogen-bond donors (Lipinski definition) is 3. The van der Waals surface area contributed by atoms with Gasteiger partial charge in [-0.25, -0.2) is 0 Å². The van der Waals surface area contributed by atoms with Crippen molar-refractivity contribution in [2.24, 2.45) is 0 Å². The maximum absolute atomic E-state index is 12.4. The van der Waals surface area contributed by atoms with Gasteiger partial charge in [-0.15, -0.1) is 0 Å². The summed E-state index contributed by atoms with van der Waals surface area (Å²) in [7, 11) is 0. The number of amides is 1. The summed E-state index contributed by atoms with van der Waals surface area (Å²) in [6.07, 6.45) is 62.0. The number of allylic oxidation sites excluding steroid dienone is 2. The molecule has 0 aliphatic carbocycles. The largest absolute Gasteiger partial charge is 0.394 e. The van der Waals surface area contributed by atoms with Gasteiger partial charge in [-0.1, -0.05) is 270 Å². The number of aliphatic hydroxyl groups is 2. The minimum absolute atomic E-state index is 0.0388. The first-order valence-corrected chi connectivity index (χ1v) is 25.9. The molecule has 0 aromatic rings. The van der Waals surface area contributed by atoms with E-state index in [9.17, 15) is 15.0 Å². The lowest BCUT2D eigenvalue weighted by Crippen LogP contribution is -2.45. The highest BCUT2D eigenvalue weighted by atomic mass is 16.3. The second-order valence-electron chi connectivity index (χ2n) is 17.9. The first kappa shape index (κ1) is 55.1. The van der Waals surface area contributed by atoms with Crippen molar-refractivity contribution in [1.29, 1.82) is 0 Å². The summed E-state index contributed by atoms with van der Waals surface area (Å²) in [5.41, 5.74) is 0. The number of carbonyl (C=O) groups excluding carboxylic acids is 1. The molecule has 0 saturated carbocycles. The molecule has 3 N–H and O–H groups in total. The molecular weight excluding hydrogens is 687 g/mol. The Balaban J connectivity index is 3.35. The van der Waals surface area contributed by atoms with Crippen LogP contribution in [0.5, 0.6) is 0 Å². The molecule has 0 rings (SSSR count). The third-order valence-electron chi connectivity index (χ3n) is 12.3. The molecule has 0 bridgehead atoms. The van der Waals surface area contributed by atoms with E-state index in [1.165, 1.54) is 244 Å². The van der Waals surface area contributed by atoms with E-state index >= 15 is 0 Å². The molecule has 0 aliphatic rings. The molecule has 0 fully saturated rings. The van der Waals surface area contributed by atoms with Gasteiger partial charge in [-0.3, -0.25) is 4.79 Å². The molecule has 0 saturated heterocycles. The van der Waals surface area contributed by atoms with Crippen molar-refractivity contribution >= 4 is 5.91 Å². The Morgan fingerprint density at radius 2 is 0.696 bits per heavy atom. The molecule has 0 radical (unpaired) electrons. The summed E-state index contributed by atoms with van der Waals surface area (Å²) in [4.78, 5) is 12.4. The summed E-state index contributed by atoms with van der Waals surface area (Å²) in [5.74, 6) is -0.0388. The fraction of sp³-hybridized carbons (Fsp3) is 0.942. The molecule has 2 unspecified atom stereocenters. The monoisotopic (exact) mass is 790 g/mol. The van der Waals surface area contributed by atoms with Crippen molar-refractivity contribution in [1.82, 2.24) is 5.32 Å². The fourth-order valence-corrected chi connectivity index (χ4v) is 8.29. The van der Waals surface area contributed by atoms with Crippen LogP contribution in [0.15, 0.2) is 12.2 Å². The second-order valence-corrected chi connectivity index (χ2v) is 17.9. The summed E-state index contributed by atoms with van der Waals surface area (Å²) in [6, 6.07) is -0.537. The third-order valence-corrected chi connectivity index (χ3v) is 12.3. The normalized spacial score (nSPS) is 12.9. The lowest BCUT2D eigenvalue weighted by atomic mass is 10.0. The molecule has 56 heavy (non-hydrogen) atoms. The number of rotatable bonds is 48. The van der Waals surface area contributed by atoms with Crippen LogP contribution in [0, 0.1) is 0 Å². The molecule has 0 aromatic carbocycles. The lowest BCUT2D eigenvalue weighted by Gasteiger charge is -2.22. The Labute approximate surface area is 352 Å². The van der Waals surface area contributed by atoms with Crippen molar-refractivity contribution in [2.75, 3.05) is 6.61 Å². The highest BCUT2D eigenvalue weighted by molar-refractivity contribution is 5.76.